The van der Waals surface area contributed by atoms with Crippen LogP contribution in [0.25, 0.3) is 0 Å². The Bertz CT molecular complexity index is 365. The topological polar surface area (TPSA) is 79.5 Å². The normalized spacial score (nSPS) is 12.9. The fourth-order valence-corrected chi connectivity index (χ4v) is 1.46. The van der Waals surface area contributed by atoms with E-state index in [1.165, 1.54) is 0 Å². The second-order valence-corrected chi connectivity index (χ2v) is 4.02. The molecule has 0 aliphatic rings. The molecule has 1 aromatic heterocycles. The van der Waals surface area contributed by atoms with E-state index in [-0.39, 0.29) is 0 Å². The molecule has 6 heteroatoms. The molecule has 0 bridgehead atoms. The fraction of sp³-hybridized carbons (Fsp3) is 0.727. The Morgan fingerprint density at radius 1 is 1.53 bits per heavy atom. The van der Waals surface area contributed by atoms with Crippen molar-refractivity contribution in [1.82, 2.24) is 15.0 Å². The highest BCUT2D eigenvalue weighted by Gasteiger charge is 2.17. The average molecular weight is 241 g/mol. The smallest absolute Gasteiger partial charge is 0.307 e. The quantitative estimate of drug-likeness (QED) is 0.772. The summed E-state index contributed by atoms with van der Waals surface area (Å²) < 4.78 is 5.08. The zero-order valence-corrected chi connectivity index (χ0v) is 10.5. The monoisotopic (exact) mass is 241 g/mol. The Morgan fingerprint density at radius 3 is 2.71 bits per heavy atom. The number of rotatable bonds is 7. The summed E-state index contributed by atoms with van der Waals surface area (Å²) in [7, 11) is 0. The summed E-state index contributed by atoms with van der Waals surface area (Å²) in [5.74, 6) is 0.0374. The minimum Gasteiger partial charge on any atom is -0.481 e. The second kappa shape index (κ2) is 6.34. The van der Waals surface area contributed by atoms with Crippen molar-refractivity contribution in [3.63, 3.8) is 0 Å². The number of carboxylic acid groups (broad SMARTS) is 1. The lowest BCUT2D eigenvalue weighted by Crippen LogP contribution is -2.31. The van der Waals surface area contributed by atoms with E-state index in [1.807, 2.05) is 18.7 Å². The molecule has 17 heavy (non-hydrogen) atoms. The first-order valence-corrected chi connectivity index (χ1v) is 5.83. The Balaban J connectivity index is 2.54. The van der Waals surface area contributed by atoms with E-state index >= 15 is 0 Å². The lowest BCUT2D eigenvalue weighted by Gasteiger charge is -2.20. The van der Waals surface area contributed by atoms with E-state index < -0.39 is 11.9 Å². The Labute approximate surface area is 101 Å². The molecule has 0 saturated heterocycles. The van der Waals surface area contributed by atoms with E-state index in [2.05, 4.69) is 10.1 Å². The van der Waals surface area contributed by atoms with Gasteiger partial charge < -0.3 is 9.63 Å². The van der Waals surface area contributed by atoms with E-state index in [0.717, 1.165) is 13.0 Å². The van der Waals surface area contributed by atoms with Crippen LogP contribution >= 0.6 is 0 Å². The molecule has 1 unspecified atom stereocenters. The molecule has 0 fully saturated rings. The molecule has 0 spiro atoms. The van der Waals surface area contributed by atoms with Gasteiger partial charge in [-0.1, -0.05) is 25.9 Å². The van der Waals surface area contributed by atoms with Crippen molar-refractivity contribution in [3.05, 3.63) is 11.7 Å². The predicted molar refractivity (Wildman–Crippen MR) is 61.4 cm³/mol. The van der Waals surface area contributed by atoms with Crippen molar-refractivity contribution in [2.24, 2.45) is 5.92 Å². The number of nitrogens with zero attached hydrogens (tertiary/aromatic N) is 3. The maximum Gasteiger partial charge on any atom is 0.307 e. The molecule has 0 amide bonds. The summed E-state index contributed by atoms with van der Waals surface area (Å²) in [5.41, 5.74) is 0. The van der Waals surface area contributed by atoms with Crippen LogP contribution in [0.3, 0.4) is 0 Å². The van der Waals surface area contributed by atoms with E-state index in [4.69, 9.17) is 9.63 Å². The molecule has 0 aromatic carbocycles. The van der Waals surface area contributed by atoms with Crippen molar-refractivity contribution >= 4 is 5.97 Å². The van der Waals surface area contributed by atoms with Gasteiger partial charge in [-0.3, -0.25) is 9.69 Å². The molecule has 6 nitrogen and oxygen atoms in total. The maximum atomic E-state index is 10.8. The van der Waals surface area contributed by atoms with Gasteiger partial charge in [0.15, 0.2) is 5.82 Å². The number of hydrogen-bond acceptors (Lipinski definition) is 5. The summed E-state index contributed by atoms with van der Waals surface area (Å²) in [6.07, 6.45) is 0.737. The summed E-state index contributed by atoms with van der Waals surface area (Å²) >= 11 is 0. The number of aryl methyl sites for hydroxylation is 1. The Kier molecular flexibility index (Phi) is 5.09. The van der Waals surface area contributed by atoms with Crippen LogP contribution in [0.5, 0.6) is 0 Å². The first kappa shape index (κ1) is 13.6. The zero-order chi connectivity index (χ0) is 12.8. The van der Waals surface area contributed by atoms with Gasteiger partial charge in [0.2, 0.25) is 5.89 Å². The zero-order valence-electron chi connectivity index (χ0n) is 10.5. The van der Waals surface area contributed by atoms with Gasteiger partial charge in [-0.15, -0.1) is 0 Å². The van der Waals surface area contributed by atoms with Crippen molar-refractivity contribution in [1.29, 1.82) is 0 Å². The molecular weight excluding hydrogens is 222 g/mol. The van der Waals surface area contributed by atoms with Crippen LogP contribution in [0, 0.1) is 5.92 Å². The lowest BCUT2D eigenvalue weighted by molar-refractivity contribution is -0.141. The molecule has 0 aliphatic carbocycles. The van der Waals surface area contributed by atoms with Crippen molar-refractivity contribution in [2.75, 3.05) is 13.1 Å². The highest BCUT2D eigenvalue weighted by molar-refractivity contribution is 5.69. The highest BCUT2D eigenvalue weighted by atomic mass is 16.5. The van der Waals surface area contributed by atoms with Crippen molar-refractivity contribution in [3.8, 4) is 0 Å². The molecule has 1 N–H and O–H groups in total. The molecule has 0 saturated carbocycles. The Hall–Kier alpha value is -1.43. The SMILES string of the molecule is CCc1noc(CN(CC)CC(C)C(=O)O)n1. The standard InChI is InChI=1S/C11H19N3O3/c1-4-9-12-10(17-13-9)7-14(5-2)6-8(3)11(15)16/h8H,4-7H2,1-3H3,(H,15,16). The van der Waals surface area contributed by atoms with Gasteiger partial charge in [-0.2, -0.15) is 4.98 Å². The van der Waals surface area contributed by atoms with Gasteiger partial charge in [-0.05, 0) is 6.54 Å². The predicted octanol–water partition coefficient (Wildman–Crippen LogP) is 1.17. The summed E-state index contributed by atoms with van der Waals surface area (Å²) in [6, 6.07) is 0. The molecular formula is C11H19N3O3. The Morgan fingerprint density at radius 2 is 2.24 bits per heavy atom. The van der Waals surface area contributed by atoms with Crippen molar-refractivity contribution < 1.29 is 14.4 Å². The third kappa shape index (κ3) is 4.14. The summed E-state index contributed by atoms with van der Waals surface area (Å²) in [5, 5.41) is 12.7. The first-order chi connectivity index (χ1) is 8.06. The van der Waals surface area contributed by atoms with Crippen LogP contribution in [-0.4, -0.2) is 39.2 Å². The minimum atomic E-state index is -0.789. The molecule has 1 aromatic rings. The number of aromatic nitrogens is 2. The van der Waals surface area contributed by atoms with Gasteiger partial charge in [0, 0.05) is 13.0 Å². The van der Waals surface area contributed by atoms with Crippen LogP contribution < -0.4 is 0 Å². The van der Waals surface area contributed by atoms with Crippen LogP contribution in [0.4, 0.5) is 0 Å². The van der Waals surface area contributed by atoms with Crippen LogP contribution in [0.15, 0.2) is 4.52 Å². The van der Waals surface area contributed by atoms with Crippen LogP contribution in [0.2, 0.25) is 0 Å². The van der Waals surface area contributed by atoms with Gasteiger partial charge in [0.05, 0.1) is 12.5 Å². The average Bonchev–Trinajstić information content (AvgIpc) is 2.75. The molecule has 0 aliphatic heterocycles. The lowest BCUT2D eigenvalue weighted by atomic mass is 10.1. The molecule has 96 valence electrons. The number of carbonyl (C=O) groups is 1. The van der Waals surface area contributed by atoms with E-state index in [1.54, 1.807) is 6.92 Å². The van der Waals surface area contributed by atoms with Crippen LogP contribution in [-0.2, 0) is 17.8 Å². The first-order valence-electron chi connectivity index (χ1n) is 5.83. The number of aliphatic carboxylic acids is 1. The van der Waals surface area contributed by atoms with Crippen molar-refractivity contribution in [2.45, 2.75) is 33.7 Å². The number of carboxylic acids is 1. The van der Waals surface area contributed by atoms with Gasteiger partial charge in [0.25, 0.3) is 0 Å². The summed E-state index contributed by atoms with van der Waals surface area (Å²) in [6.45, 7) is 7.36. The van der Waals surface area contributed by atoms with E-state index in [0.29, 0.717) is 24.8 Å². The molecule has 1 heterocycles. The minimum absolute atomic E-state index is 0.400. The largest absolute Gasteiger partial charge is 0.481 e. The second-order valence-electron chi connectivity index (χ2n) is 4.02. The van der Waals surface area contributed by atoms with E-state index in [9.17, 15) is 4.79 Å². The van der Waals surface area contributed by atoms with Gasteiger partial charge in [-0.25, -0.2) is 0 Å². The highest BCUT2D eigenvalue weighted by Crippen LogP contribution is 2.06. The molecule has 1 atom stereocenters. The van der Waals surface area contributed by atoms with Gasteiger partial charge >= 0.3 is 5.97 Å². The fourth-order valence-electron chi connectivity index (χ4n) is 1.46. The summed E-state index contributed by atoms with van der Waals surface area (Å²) in [4.78, 5) is 17.0. The van der Waals surface area contributed by atoms with Crippen LogP contribution in [0.1, 0.15) is 32.5 Å². The molecule has 0 radical (unpaired) electrons. The third-order valence-electron chi connectivity index (χ3n) is 2.59. The maximum absolute atomic E-state index is 10.8. The third-order valence-corrected chi connectivity index (χ3v) is 2.59. The van der Waals surface area contributed by atoms with Gasteiger partial charge in [0.1, 0.15) is 0 Å². The number of hydrogen-bond donors (Lipinski definition) is 1. The molecule has 1 rings (SSSR count).